The van der Waals surface area contributed by atoms with Crippen LogP contribution in [0.5, 0.6) is 0 Å². The third-order valence-corrected chi connectivity index (χ3v) is 2.72. The first kappa shape index (κ1) is 12.9. The molecule has 0 aromatic rings. The number of carbonyl (C=O) groups excluding carboxylic acids is 2. The van der Waals surface area contributed by atoms with Crippen LogP contribution in [0.1, 0.15) is 20.8 Å². The molecular weight excluding hydrogens is 226 g/mol. The molecule has 1 fully saturated rings. The largest absolute Gasteiger partial charge is 0.362 e. The van der Waals surface area contributed by atoms with E-state index in [9.17, 15) is 9.59 Å². The van der Waals surface area contributed by atoms with Gasteiger partial charge in [0.1, 0.15) is 12.6 Å². The summed E-state index contributed by atoms with van der Waals surface area (Å²) in [6, 6.07) is -0.398. The average molecular weight is 243 g/mol. The number of amides is 2. The zero-order chi connectivity index (χ0) is 12.3. The molecule has 0 aromatic carbocycles. The van der Waals surface area contributed by atoms with Crippen LogP contribution in [0.2, 0.25) is 0 Å². The molecule has 1 rings (SSSR count). The number of hydrogen-bond donors (Lipinski definition) is 2. The Morgan fingerprint density at radius 3 is 2.81 bits per heavy atom. The number of piperazine rings is 1. The van der Waals surface area contributed by atoms with Gasteiger partial charge in [-0.15, -0.1) is 0 Å². The number of nitrogens with one attached hydrogen (secondary N) is 2. The standard InChI is InChI=1S/C10H17N3O2S/c1-6(2)4-11-10(16)13-5-8(14)12-9(15)7(13)3/h6-7H,4-5H2,1-3H3,(H,11,16)(H,12,14,15). The molecule has 0 aromatic heterocycles. The second-order valence-corrected chi connectivity index (χ2v) is 4.68. The Kier molecular flexibility index (Phi) is 4.23. The number of hydrogen-bond acceptors (Lipinski definition) is 3. The van der Waals surface area contributed by atoms with Crippen LogP contribution in [-0.4, -0.2) is 41.0 Å². The van der Waals surface area contributed by atoms with E-state index in [1.807, 2.05) is 0 Å². The van der Waals surface area contributed by atoms with Gasteiger partial charge in [-0.2, -0.15) is 0 Å². The van der Waals surface area contributed by atoms with Crippen molar-refractivity contribution in [1.29, 1.82) is 0 Å². The average Bonchev–Trinajstić information content (AvgIpc) is 2.19. The summed E-state index contributed by atoms with van der Waals surface area (Å²) in [6.07, 6.45) is 0. The predicted molar refractivity (Wildman–Crippen MR) is 64.8 cm³/mol. The van der Waals surface area contributed by atoms with E-state index in [-0.39, 0.29) is 18.4 Å². The van der Waals surface area contributed by atoms with Crippen LogP contribution in [0, 0.1) is 5.92 Å². The van der Waals surface area contributed by atoms with E-state index in [1.54, 1.807) is 11.8 Å². The zero-order valence-corrected chi connectivity index (χ0v) is 10.6. The molecule has 16 heavy (non-hydrogen) atoms. The first-order valence-corrected chi connectivity index (χ1v) is 5.70. The van der Waals surface area contributed by atoms with Gasteiger partial charge in [0.25, 0.3) is 0 Å². The first-order valence-electron chi connectivity index (χ1n) is 5.30. The summed E-state index contributed by atoms with van der Waals surface area (Å²) in [5.41, 5.74) is 0. The highest BCUT2D eigenvalue weighted by Crippen LogP contribution is 2.05. The lowest BCUT2D eigenvalue weighted by Gasteiger charge is -2.33. The van der Waals surface area contributed by atoms with Crippen LogP contribution in [0.3, 0.4) is 0 Å². The molecule has 1 saturated heterocycles. The van der Waals surface area contributed by atoms with Crippen molar-refractivity contribution in [2.24, 2.45) is 5.92 Å². The molecule has 0 aliphatic carbocycles. The lowest BCUT2D eigenvalue weighted by molar-refractivity contribution is -0.137. The maximum atomic E-state index is 11.4. The topological polar surface area (TPSA) is 61.4 Å². The predicted octanol–water partition coefficient (Wildman–Crippen LogP) is -0.136. The molecule has 1 aliphatic heterocycles. The van der Waals surface area contributed by atoms with Crippen molar-refractivity contribution < 1.29 is 9.59 Å². The highest BCUT2D eigenvalue weighted by Gasteiger charge is 2.31. The number of thiocarbonyl (C=S) groups is 1. The molecule has 1 atom stereocenters. The minimum absolute atomic E-state index is 0.136. The third-order valence-electron chi connectivity index (χ3n) is 2.35. The quantitative estimate of drug-likeness (QED) is 0.522. The van der Waals surface area contributed by atoms with Crippen molar-refractivity contribution in [3.05, 3.63) is 0 Å². The molecule has 0 radical (unpaired) electrons. The lowest BCUT2D eigenvalue weighted by atomic mass is 10.2. The maximum absolute atomic E-state index is 11.4. The SMILES string of the molecule is CC(C)CNC(=S)N1CC(=O)NC(=O)C1C. The third kappa shape index (κ3) is 3.16. The molecule has 2 N–H and O–H groups in total. The van der Waals surface area contributed by atoms with Crippen molar-refractivity contribution in [3.8, 4) is 0 Å². The summed E-state index contributed by atoms with van der Waals surface area (Å²) in [7, 11) is 0. The lowest BCUT2D eigenvalue weighted by Crippen LogP contribution is -2.60. The van der Waals surface area contributed by atoms with Gasteiger partial charge in [0, 0.05) is 6.54 Å². The Bertz CT molecular complexity index is 317. The van der Waals surface area contributed by atoms with E-state index in [2.05, 4.69) is 24.5 Å². The second-order valence-electron chi connectivity index (χ2n) is 4.30. The molecule has 0 bridgehead atoms. The molecule has 1 aliphatic rings. The summed E-state index contributed by atoms with van der Waals surface area (Å²) >= 11 is 5.16. The Labute approximate surface area is 101 Å². The fraction of sp³-hybridized carbons (Fsp3) is 0.700. The Hall–Kier alpha value is -1.17. The zero-order valence-electron chi connectivity index (χ0n) is 9.74. The van der Waals surface area contributed by atoms with Crippen molar-refractivity contribution in [2.45, 2.75) is 26.8 Å². The molecule has 0 saturated carbocycles. The number of carbonyl (C=O) groups is 2. The minimum Gasteiger partial charge on any atom is -0.362 e. The normalized spacial score (nSPS) is 21.0. The highest BCUT2D eigenvalue weighted by molar-refractivity contribution is 7.80. The van der Waals surface area contributed by atoms with Gasteiger partial charge in [0.2, 0.25) is 11.8 Å². The van der Waals surface area contributed by atoms with Crippen LogP contribution in [0.25, 0.3) is 0 Å². The fourth-order valence-electron chi connectivity index (χ4n) is 1.36. The van der Waals surface area contributed by atoms with Crippen molar-refractivity contribution in [1.82, 2.24) is 15.5 Å². The van der Waals surface area contributed by atoms with E-state index in [4.69, 9.17) is 12.2 Å². The van der Waals surface area contributed by atoms with Gasteiger partial charge < -0.3 is 10.2 Å². The molecule has 5 nitrogen and oxygen atoms in total. The van der Waals surface area contributed by atoms with E-state index in [0.29, 0.717) is 11.0 Å². The minimum atomic E-state index is -0.398. The van der Waals surface area contributed by atoms with Gasteiger partial charge >= 0.3 is 0 Å². The summed E-state index contributed by atoms with van der Waals surface area (Å²) < 4.78 is 0. The van der Waals surface area contributed by atoms with Crippen molar-refractivity contribution in [3.63, 3.8) is 0 Å². The van der Waals surface area contributed by atoms with Gasteiger partial charge in [-0.1, -0.05) is 13.8 Å². The summed E-state index contributed by atoms with van der Waals surface area (Å²) in [6.45, 7) is 6.72. The van der Waals surface area contributed by atoms with E-state index in [0.717, 1.165) is 6.54 Å². The Morgan fingerprint density at radius 1 is 1.62 bits per heavy atom. The fourth-order valence-corrected chi connectivity index (χ4v) is 1.66. The molecule has 90 valence electrons. The monoisotopic (exact) mass is 243 g/mol. The molecule has 2 amide bonds. The molecular formula is C10H17N3O2S. The number of rotatable bonds is 2. The summed E-state index contributed by atoms with van der Waals surface area (Å²) in [5, 5.41) is 5.78. The van der Waals surface area contributed by atoms with Crippen molar-refractivity contribution >= 4 is 29.1 Å². The molecule has 1 unspecified atom stereocenters. The number of nitrogens with zero attached hydrogens (tertiary/aromatic N) is 1. The van der Waals surface area contributed by atoms with Gasteiger partial charge in [0.05, 0.1) is 0 Å². The maximum Gasteiger partial charge on any atom is 0.249 e. The van der Waals surface area contributed by atoms with Crippen LogP contribution in [0.15, 0.2) is 0 Å². The second kappa shape index (κ2) is 5.25. The smallest absolute Gasteiger partial charge is 0.249 e. The van der Waals surface area contributed by atoms with Gasteiger partial charge in [0.15, 0.2) is 5.11 Å². The van der Waals surface area contributed by atoms with Gasteiger partial charge in [-0.3, -0.25) is 14.9 Å². The summed E-state index contributed by atoms with van der Waals surface area (Å²) in [4.78, 5) is 24.2. The first-order chi connectivity index (χ1) is 7.41. The van der Waals surface area contributed by atoms with Gasteiger partial charge in [-0.05, 0) is 25.1 Å². The van der Waals surface area contributed by atoms with E-state index < -0.39 is 6.04 Å². The molecule has 0 spiro atoms. The van der Waals surface area contributed by atoms with Crippen LogP contribution in [-0.2, 0) is 9.59 Å². The van der Waals surface area contributed by atoms with Crippen LogP contribution >= 0.6 is 12.2 Å². The molecule has 1 heterocycles. The van der Waals surface area contributed by atoms with E-state index >= 15 is 0 Å². The van der Waals surface area contributed by atoms with Crippen LogP contribution < -0.4 is 10.6 Å². The van der Waals surface area contributed by atoms with Crippen LogP contribution in [0.4, 0.5) is 0 Å². The van der Waals surface area contributed by atoms with E-state index in [1.165, 1.54) is 0 Å². The van der Waals surface area contributed by atoms with Gasteiger partial charge in [-0.25, -0.2) is 0 Å². The Balaban J connectivity index is 2.59. The molecule has 6 heteroatoms. The summed E-state index contributed by atoms with van der Waals surface area (Å²) in [5.74, 6) is -0.149. The van der Waals surface area contributed by atoms with Crippen molar-refractivity contribution in [2.75, 3.05) is 13.1 Å². The highest BCUT2D eigenvalue weighted by atomic mass is 32.1. The Morgan fingerprint density at radius 2 is 2.25 bits per heavy atom. The number of imide groups is 1.